The van der Waals surface area contributed by atoms with Crippen LogP contribution in [-0.4, -0.2) is 94.5 Å². The number of nitrogens with zero attached hydrogens (tertiary/aromatic N) is 5. The fraction of sp³-hybridized carbons (Fsp3) is 0.600. The van der Waals surface area contributed by atoms with Gasteiger partial charge in [-0.25, -0.2) is 9.37 Å². The number of rotatable bonds is 6. The lowest BCUT2D eigenvalue weighted by Gasteiger charge is -2.42. The summed E-state index contributed by atoms with van der Waals surface area (Å²) in [6.45, 7) is 6.82. The van der Waals surface area contributed by atoms with Crippen molar-refractivity contribution in [2.75, 3.05) is 45.9 Å². The summed E-state index contributed by atoms with van der Waals surface area (Å²) in [6.07, 6.45) is -4.70. The van der Waals surface area contributed by atoms with Gasteiger partial charge in [-0.3, -0.25) is 14.5 Å². The van der Waals surface area contributed by atoms with Crippen molar-refractivity contribution in [3.8, 4) is 0 Å². The van der Waals surface area contributed by atoms with Crippen molar-refractivity contribution in [1.82, 2.24) is 29.9 Å². The normalized spacial score (nSPS) is 21.3. The van der Waals surface area contributed by atoms with E-state index in [9.17, 15) is 27.2 Å². The van der Waals surface area contributed by atoms with Crippen molar-refractivity contribution in [3.05, 3.63) is 41.5 Å². The van der Waals surface area contributed by atoms with Crippen LogP contribution in [0.2, 0.25) is 0 Å². The molecule has 9 nitrogen and oxygen atoms in total. The average molecular weight is 573 g/mol. The second-order valence-corrected chi connectivity index (χ2v) is 11.5. The largest absolute Gasteiger partial charge is 0.406 e. The maximum Gasteiger partial charge on any atom is 0.406 e. The Balaban J connectivity index is 1.69. The van der Waals surface area contributed by atoms with E-state index in [1.165, 1.54) is 17.0 Å². The number of piperazine rings is 1. The fourth-order valence-electron chi connectivity index (χ4n) is 4.39. The first-order valence-electron chi connectivity index (χ1n) is 12.6. The van der Waals surface area contributed by atoms with Crippen molar-refractivity contribution >= 4 is 23.6 Å². The van der Waals surface area contributed by atoms with Crippen molar-refractivity contribution in [3.63, 3.8) is 0 Å². The number of thioether (sulfide) groups is 1. The van der Waals surface area contributed by atoms with Crippen molar-refractivity contribution < 1.29 is 31.9 Å². The summed E-state index contributed by atoms with van der Waals surface area (Å²) in [5.41, 5.74) is -0.175. The Morgan fingerprint density at radius 3 is 2.38 bits per heavy atom. The zero-order valence-corrected chi connectivity index (χ0v) is 22.8. The number of hydrogen-bond donors (Lipinski definition) is 1. The molecule has 0 radical (unpaired) electrons. The minimum absolute atomic E-state index is 0.0280. The Morgan fingerprint density at radius 1 is 1.10 bits per heavy atom. The molecule has 1 amide bonds. The number of alkyl halides is 3. The van der Waals surface area contributed by atoms with E-state index >= 15 is 0 Å². The van der Waals surface area contributed by atoms with Crippen LogP contribution in [0.15, 0.2) is 29.4 Å². The second kappa shape index (κ2) is 11.9. The van der Waals surface area contributed by atoms with Gasteiger partial charge in [0, 0.05) is 37.3 Å². The van der Waals surface area contributed by atoms with Gasteiger partial charge in [0.15, 0.2) is 11.0 Å². The van der Waals surface area contributed by atoms with E-state index in [-0.39, 0.29) is 36.4 Å². The van der Waals surface area contributed by atoms with Crippen LogP contribution in [0.5, 0.6) is 0 Å². The molecule has 3 heterocycles. The molecule has 39 heavy (non-hydrogen) atoms. The van der Waals surface area contributed by atoms with Crippen molar-refractivity contribution in [2.45, 2.75) is 49.9 Å². The molecule has 0 spiro atoms. The highest BCUT2D eigenvalue weighted by Crippen LogP contribution is 2.36. The molecule has 1 aromatic heterocycles. The number of halogens is 4. The van der Waals surface area contributed by atoms with Crippen LogP contribution in [0.4, 0.5) is 17.6 Å². The van der Waals surface area contributed by atoms with Gasteiger partial charge in [0.1, 0.15) is 17.9 Å². The Labute approximate surface area is 228 Å². The molecule has 2 saturated heterocycles. The number of carbonyl (C=O) groups is 2. The molecule has 14 heteroatoms. The van der Waals surface area contributed by atoms with Gasteiger partial charge in [0.2, 0.25) is 5.91 Å². The predicted octanol–water partition coefficient (Wildman–Crippen LogP) is 3.13. The predicted molar refractivity (Wildman–Crippen MR) is 136 cm³/mol. The van der Waals surface area contributed by atoms with Crippen LogP contribution >= 0.6 is 11.8 Å². The topological polar surface area (TPSA) is 92.6 Å². The standard InChI is InChI=1S/C25H32F4N6O3S/c1-24(2,3)22(37)35-23(39-15-16-4-6-17(26)7-5-16)31-21(32-35)19-20(25(27,28)29)30-8-9-34(19)18(36)14-33-10-12-38-13-11-33/h4-7,19-20,30H,8-15H2,1-3H3. The van der Waals surface area contributed by atoms with Gasteiger partial charge >= 0.3 is 6.18 Å². The summed E-state index contributed by atoms with van der Waals surface area (Å²) >= 11 is 1.10. The van der Waals surface area contributed by atoms with Crippen molar-refractivity contribution in [2.24, 2.45) is 5.41 Å². The molecule has 2 atom stereocenters. The first-order valence-corrected chi connectivity index (χ1v) is 13.6. The maximum absolute atomic E-state index is 14.2. The zero-order valence-electron chi connectivity index (χ0n) is 22.0. The van der Waals surface area contributed by atoms with Crippen molar-refractivity contribution in [1.29, 1.82) is 0 Å². The molecule has 0 bridgehead atoms. The van der Waals surface area contributed by atoms with Crippen LogP contribution in [0.25, 0.3) is 0 Å². The molecular formula is C25H32F4N6O3S. The van der Waals surface area contributed by atoms with Gasteiger partial charge < -0.3 is 15.0 Å². The third-order valence-corrected chi connectivity index (χ3v) is 7.48. The molecule has 4 rings (SSSR count). The van der Waals surface area contributed by atoms with Gasteiger partial charge in [-0.05, 0) is 17.7 Å². The Morgan fingerprint density at radius 2 is 1.77 bits per heavy atom. The zero-order chi connectivity index (χ0) is 28.4. The van der Waals surface area contributed by atoms with Crippen LogP contribution in [0, 0.1) is 11.2 Å². The lowest BCUT2D eigenvalue weighted by molar-refractivity contribution is -0.182. The smallest absolute Gasteiger partial charge is 0.379 e. The minimum Gasteiger partial charge on any atom is -0.379 e. The van der Waals surface area contributed by atoms with E-state index in [4.69, 9.17) is 4.74 Å². The molecule has 2 unspecified atom stereocenters. The molecule has 2 aliphatic rings. The summed E-state index contributed by atoms with van der Waals surface area (Å²) in [5.74, 6) is -1.32. The first kappa shape index (κ1) is 29.4. The van der Waals surface area contributed by atoms with E-state index in [1.54, 1.807) is 32.9 Å². The highest BCUT2D eigenvalue weighted by atomic mass is 32.2. The number of benzene rings is 1. The molecule has 2 aliphatic heterocycles. The summed E-state index contributed by atoms with van der Waals surface area (Å²) in [6, 6.07) is 2.07. The van der Waals surface area contributed by atoms with Crippen LogP contribution in [0.1, 0.15) is 43.0 Å². The highest BCUT2D eigenvalue weighted by molar-refractivity contribution is 7.98. The molecule has 2 fully saturated rings. The molecule has 2 aromatic rings. The SMILES string of the molecule is CC(C)(C)C(=O)n1nc(C2C(C(F)(F)F)NCCN2C(=O)CN2CCOCC2)nc1SCc1ccc(F)cc1. The van der Waals surface area contributed by atoms with E-state index in [0.29, 0.717) is 26.3 Å². The second-order valence-electron chi connectivity index (χ2n) is 10.5. The van der Waals surface area contributed by atoms with E-state index in [2.05, 4.69) is 15.4 Å². The number of hydrogen-bond acceptors (Lipinski definition) is 8. The van der Waals surface area contributed by atoms with Crippen LogP contribution in [0.3, 0.4) is 0 Å². The molecule has 0 aliphatic carbocycles. The third kappa shape index (κ3) is 7.16. The lowest BCUT2D eigenvalue weighted by atomic mass is 9.96. The molecule has 1 aromatic carbocycles. The number of amides is 1. The summed E-state index contributed by atoms with van der Waals surface area (Å²) < 4.78 is 62.4. The number of ether oxygens (including phenoxy) is 1. The minimum atomic E-state index is -4.70. The molecular weight excluding hydrogens is 540 g/mol. The lowest BCUT2D eigenvalue weighted by Crippen LogP contribution is -2.61. The van der Waals surface area contributed by atoms with Gasteiger partial charge in [-0.15, -0.1) is 5.10 Å². The van der Waals surface area contributed by atoms with Crippen LogP contribution < -0.4 is 5.32 Å². The highest BCUT2D eigenvalue weighted by Gasteiger charge is 2.52. The number of carbonyl (C=O) groups excluding carboxylic acids is 2. The average Bonchev–Trinajstić information content (AvgIpc) is 3.30. The third-order valence-electron chi connectivity index (χ3n) is 6.48. The van der Waals surface area contributed by atoms with Crippen LogP contribution in [-0.2, 0) is 15.3 Å². The van der Waals surface area contributed by atoms with E-state index in [0.717, 1.165) is 22.0 Å². The van der Waals surface area contributed by atoms with E-state index in [1.807, 2.05) is 4.90 Å². The first-order chi connectivity index (χ1) is 18.3. The number of nitrogens with one attached hydrogen (secondary N) is 1. The molecule has 1 N–H and O–H groups in total. The summed E-state index contributed by atoms with van der Waals surface area (Å²) in [4.78, 5) is 34.0. The monoisotopic (exact) mass is 572 g/mol. The van der Waals surface area contributed by atoms with Gasteiger partial charge in [-0.2, -0.15) is 17.9 Å². The summed E-state index contributed by atoms with van der Waals surface area (Å²) in [7, 11) is 0. The Kier molecular flexibility index (Phi) is 8.98. The Hall–Kier alpha value is -2.55. The maximum atomic E-state index is 14.2. The fourth-order valence-corrected chi connectivity index (χ4v) is 5.28. The van der Waals surface area contributed by atoms with Gasteiger partial charge in [0.25, 0.3) is 5.91 Å². The van der Waals surface area contributed by atoms with E-state index < -0.39 is 41.3 Å². The Bertz CT molecular complexity index is 1160. The molecule has 214 valence electrons. The summed E-state index contributed by atoms with van der Waals surface area (Å²) in [5, 5.41) is 6.85. The van der Waals surface area contributed by atoms with Gasteiger partial charge in [-0.1, -0.05) is 44.7 Å². The number of morpholine rings is 1. The van der Waals surface area contributed by atoms with Gasteiger partial charge in [0.05, 0.1) is 19.8 Å². The quantitative estimate of drug-likeness (QED) is 0.417. The molecule has 0 saturated carbocycles. The number of aromatic nitrogens is 3.